The van der Waals surface area contributed by atoms with Crippen molar-refractivity contribution in [2.24, 2.45) is 11.3 Å². The summed E-state index contributed by atoms with van der Waals surface area (Å²) >= 11 is 0. The van der Waals surface area contributed by atoms with Crippen LogP contribution in [0.5, 0.6) is 0 Å². The molecule has 0 heterocycles. The topological polar surface area (TPSA) is 43.4 Å². The van der Waals surface area contributed by atoms with Crippen molar-refractivity contribution >= 4 is 11.8 Å². The van der Waals surface area contributed by atoms with Gasteiger partial charge in [0.05, 0.1) is 7.11 Å². The van der Waals surface area contributed by atoms with E-state index in [1.807, 2.05) is 6.92 Å². The van der Waals surface area contributed by atoms with E-state index in [0.717, 1.165) is 25.7 Å². The average Bonchev–Trinajstić information content (AvgIpc) is 2.68. The fraction of sp³-hybridized carbons (Fsp3) is 0.846. The van der Waals surface area contributed by atoms with Gasteiger partial charge in [0.2, 0.25) is 0 Å². The number of methoxy groups -OCH3 is 1. The van der Waals surface area contributed by atoms with Gasteiger partial charge in [-0.25, -0.2) is 0 Å². The Balaban J connectivity index is 2.86. The maximum Gasteiger partial charge on any atom is 0.319 e. The lowest BCUT2D eigenvalue weighted by Crippen LogP contribution is -2.42. The quantitative estimate of drug-likeness (QED) is 0.534. The summed E-state index contributed by atoms with van der Waals surface area (Å²) in [6.45, 7) is 4.13. The Morgan fingerprint density at radius 1 is 1.56 bits per heavy atom. The maximum atomic E-state index is 12.0. The number of carbonyl (C=O) groups is 2. The third kappa shape index (κ3) is 2.13. The number of ether oxygens (including phenoxy) is 1. The lowest BCUT2D eigenvalue weighted by molar-refractivity contribution is -0.160. The molecule has 3 nitrogen and oxygen atoms in total. The number of hydrogen-bond acceptors (Lipinski definition) is 3. The van der Waals surface area contributed by atoms with E-state index >= 15 is 0 Å². The molecule has 1 aliphatic rings. The van der Waals surface area contributed by atoms with E-state index in [1.165, 1.54) is 7.11 Å². The van der Waals surface area contributed by atoms with Crippen LogP contribution in [0.2, 0.25) is 0 Å². The zero-order valence-corrected chi connectivity index (χ0v) is 10.5. The van der Waals surface area contributed by atoms with Gasteiger partial charge in [0.1, 0.15) is 11.2 Å². The fourth-order valence-corrected chi connectivity index (χ4v) is 2.77. The molecule has 0 amide bonds. The van der Waals surface area contributed by atoms with E-state index < -0.39 is 5.41 Å². The van der Waals surface area contributed by atoms with Gasteiger partial charge in [-0.2, -0.15) is 0 Å². The van der Waals surface area contributed by atoms with Crippen LogP contribution in [0.25, 0.3) is 0 Å². The number of unbranched alkanes of at least 4 members (excludes halogenated alkanes) is 1. The van der Waals surface area contributed by atoms with Crippen LogP contribution in [0.1, 0.15) is 52.4 Å². The highest BCUT2D eigenvalue weighted by Gasteiger charge is 2.52. The molecule has 1 fully saturated rings. The number of ketones is 1. The lowest BCUT2D eigenvalue weighted by Gasteiger charge is -2.30. The van der Waals surface area contributed by atoms with Crippen LogP contribution in [-0.2, 0) is 14.3 Å². The Labute approximate surface area is 97.5 Å². The third-order valence-corrected chi connectivity index (χ3v) is 3.85. The molecular formula is C13H22O3. The number of rotatable bonds is 5. The molecule has 92 valence electrons. The predicted molar refractivity (Wildman–Crippen MR) is 62.0 cm³/mol. The minimum Gasteiger partial charge on any atom is -0.468 e. The van der Waals surface area contributed by atoms with Crippen molar-refractivity contribution in [2.45, 2.75) is 52.4 Å². The van der Waals surface area contributed by atoms with E-state index in [9.17, 15) is 9.59 Å². The Bertz CT molecular complexity index is 272. The fourth-order valence-electron chi connectivity index (χ4n) is 2.77. The van der Waals surface area contributed by atoms with Crippen molar-refractivity contribution in [1.29, 1.82) is 0 Å². The van der Waals surface area contributed by atoms with Crippen molar-refractivity contribution in [1.82, 2.24) is 0 Å². The summed E-state index contributed by atoms with van der Waals surface area (Å²) in [7, 11) is 1.38. The molecule has 1 saturated carbocycles. The van der Waals surface area contributed by atoms with Gasteiger partial charge in [0, 0.05) is 6.42 Å². The molecule has 1 aliphatic carbocycles. The molecule has 0 spiro atoms. The lowest BCUT2D eigenvalue weighted by atomic mass is 9.72. The Morgan fingerprint density at radius 2 is 2.25 bits per heavy atom. The molecule has 0 saturated heterocycles. The molecule has 0 radical (unpaired) electrons. The smallest absolute Gasteiger partial charge is 0.319 e. The molecule has 3 heteroatoms. The van der Waals surface area contributed by atoms with Gasteiger partial charge in [-0.1, -0.05) is 26.7 Å². The minimum atomic E-state index is -0.829. The van der Waals surface area contributed by atoms with Crippen LogP contribution >= 0.6 is 0 Å². The number of carbonyl (C=O) groups excluding carboxylic acids is 2. The standard InChI is InChI=1S/C13H22O3/c1-4-5-7-10(2)13(12(15)16-3)9-6-8-11(13)14/h10H,4-9H2,1-3H3. The molecule has 0 aromatic carbocycles. The van der Waals surface area contributed by atoms with Crippen molar-refractivity contribution in [2.75, 3.05) is 7.11 Å². The second kappa shape index (κ2) is 5.46. The minimum absolute atomic E-state index is 0.0861. The van der Waals surface area contributed by atoms with Crippen molar-refractivity contribution < 1.29 is 14.3 Å². The summed E-state index contributed by atoms with van der Waals surface area (Å²) < 4.78 is 4.85. The first kappa shape index (κ1) is 13.2. The second-order valence-electron chi connectivity index (χ2n) is 4.78. The molecule has 1 rings (SSSR count). The average molecular weight is 226 g/mol. The van der Waals surface area contributed by atoms with Crippen molar-refractivity contribution in [3.8, 4) is 0 Å². The van der Waals surface area contributed by atoms with Gasteiger partial charge in [-0.3, -0.25) is 9.59 Å². The zero-order chi connectivity index (χ0) is 12.2. The zero-order valence-electron chi connectivity index (χ0n) is 10.5. The van der Waals surface area contributed by atoms with Gasteiger partial charge in [-0.05, 0) is 25.2 Å². The van der Waals surface area contributed by atoms with E-state index in [2.05, 4.69) is 6.92 Å². The molecule has 2 atom stereocenters. The van der Waals surface area contributed by atoms with Crippen LogP contribution in [-0.4, -0.2) is 18.9 Å². The normalized spacial score (nSPS) is 26.8. The molecule has 0 aromatic rings. The van der Waals surface area contributed by atoms with E-state index in [1.54, 1.807) is 0 Å². The number of Topliss-reactive ketones (excluding diaryl/α,β-unsaturated/α-hetero) is 1. The molecule has 16 heavy (non-hydrogen) atoms. The Morgan fingerprint density at radius 3 is 2.69 bits per heavy atom. The van der Waals surface area contributed by atoms with Crippen LogP contribution in [0.3, 0.4) is 0 Å². The largest absolute Gasteiger partial charge is 0.468 e. The van der Waals surface area contributed by atoms with Gasteiger partial charge >= 0.3 is 5.97 Å². The molecule has 0 aliphatic heterocycles. The number of hydrogen-bond donors (Lipinski definition) is 0. The van der Waals surface area contributed by atoms with E-state index in [0.29, 0.717) is 12.8 Å². The van der Waals surface area contributed by atoms with Crippen LogP contribution in [0.15, 0.2) is 0 Å². The monoisotopic (exact) mass is 226 g/mol. The van der Waals surface area contributed by atoms with Gasteiger partial charge in [0.15, 0.2) is 0 Å². The van der Waals surface area contributed by atoms with Gasteiger partial charge < -0.3 is 4.74 Å². The van der Waals surface area contributed by atoms with Crippen molar-refractivity contribution in [3.05, 3.63) is 0 Å². The SMILES string of the molecule is CCCCC(C)C1(C(=O)OC)CCCC1=O. The highest BCUT2D eigenvalue weighted by molar-refractivity contribution is 6.05. The third-order valence-electron chi connectivity index (χ3n) is 3.85. The van der Waals surface area contributed by atoms with Crippen LogP contribution in [0, 0.1) is 11.3 Å². The summed E-state index contributed by atoms with van der Waals surface area (Å²) in [6.07, 6.45) is 5.11. The Kier molecular flexibility index (Phi) is 4.51. The van der Waals surface area contributed by atoms with Gasteiger partial charge in [0.25, 0.3) is 0 Å². The molecule has 2 unspecified atom stereocenters. The van der Waals surface area contributed by atoms with E-state index in [-0.39, 0.29) is 17.7 Å². The molecular weight excluding hydrogens is 204 g/mol. The second-order valence-corrected chi connectivity index (χ2v) is 4.78. The highest BCUT2D eigenvalue weighted by Crippen LogP contribution is 2.44. The maximum absolute atomic E-state index is 12.0. The summed E-state index contributed by atoms with van der Waals surface area (Å²) in [6, 6.07) is 0. The first-order chi connectivity index (χ1) is 7.59. The summed E-state index contributed by atoms with van der Waals surface area (Å²) in [5.41, 5.74) is -0.829. The van der Waals surface area contributed by atoms with Gasteiger partial charge in [-0.15, -0.1) is 0 Å². The van der Waals surface area contributed by atoms with Crippen LogP contribution < -0.4 is 0 Å². The highest BCUT2D eigenvalue weighted by atomic mass is 16.5. The van der Waals surface area contributed by atoms with Crippen molar-refractivity contribution in [3.63, 3.8) is 0 Å². The summed E-state index contributed by atoms with van der Waals surface area (Å²) in [5.74, 6) is -0.128. The summed E-state index contributed by atoms with van der Waals surface area (Å²) in [4.78, 5) is 23.9. The molecule has 0 N–H and O–H groups in total. The first-order valence-electron chi connectivity index (χ1n) is 6.21. The molecule has 0 aromatic heterocycles. The predicted octanol–water partition coefficient (Wildman–Crippen LogP) is 2.73. The first-order valence-corrected chi connectivity index (χ1v) is 6.21. The van der Waals surface area contributed by atoms with E-state index in [4.69, 9.17) is 4.74 Å². The Hall–Kier alpha value is -0.860. The number of esters is 1. The summed E-state index contributed by atoms with van der Waals surface area (Å²) in [5, 5.41) is 0. The van der Waals surface area contributed by atoms with Crippen LogP contribution in [0.4, 0.5) is 0 Å². The molecule has 0 bridgehead atoms.